The smallest absolute Gasteiger partial charge is 0.226 e. The summed E-state index contributed by atoms with van der Waals surface area (Å²) in [6.45, 7) is 8.78. The molecule has 1 fully saturated rings. The first-order chi connectivity index (χ1) is 18.7. The van der Waals surface area contributed by atoms with Crippen LogP contribution in [0.2, 0.25) is 0 Å². The molecular formula is C31H32BrN5OS. The second-order valence-corrected chi connectivity index (χ2v) is 11.4. The zero-order chi connectivity index (χ0) is 27.7. The van der Waals surface area contributed by atoms with Crippen molar-refractivity contribution in [2.75, 3.05) is 11.9 Å². The Bertz CT molecular complexity index is 1520. The molecule has 0 saturated carbocycles. The minimum absolute atomic E-state index is 0.0353. The molecule has 2 N–H and O–H groups in total. The molecule has 0 bridgehead atoms. The Kier molecular flexibility index (Phi) is 7.86. The topological polar surface area (TPSA) is 62.2 Å². The van der Waals surface area contributed by atoms with Gasteiger partial charge < -0.3 is 20.1 Å². The highest BCUT2D eigenvalue weighted by Gasteiger charge is 2.41. The number of pyridine rings is 1. The number of benzene rings is 2. The molecule has 0 unspecified atom stereocenters. The number of amides is 1. The SMILES string of the molecule is Cc1ccc(C)c(NC(=O)CCN2C(=S)N[C@@H](c3ccccn3)[C@H]2c2cc(C)n(-c3ccc(Br)cc3)c2C)c1. The maximum absolute atomic E-state index is 13.0. The Morgan fingerprint density at radius 1 is 1.05 bits per heavy atom. The van der Waals surface area contributed by atoms with Crippen LogP contribution >= 0.6 is 28.1 Å². The fraction of sp³-hybridized carbons (Fsp3) is 0.258. The number of carbonyl (C=O) groups is 1. The number of hydrogen-bond acceptors (Lipinski definition) is 3. The van der Waals surface area contributed by atoms with E-state index in [4.69, 9.17) is 12.2 Å². The number of rotatable bonds is 7. The van der Waals surface area contributed by atoms with E-state index in [2.05, 4.69) is 85.2 Å². The molecule has 3 heterocycles. The van der Waals surface area contributed by atoms with Crippen LogP contribution in [0.25, 0.3) is 5.69 Å². The van der Waals surface area contributed by atoms with Crippen LogP contribution in [0.4, 0.5) is 5.69 Å². The molecule has 4 aromatic rings. The third kappa shape index (κ3) is 5.63. The zero-order valence-electron chi connectivity index (χ0n) is 22.5. The Balaban J connectivity index is 1.46. The largest absolute Gasteiger partial charge is 0.352 e. The van der Waals surface area contributed by atoms with Gasteiger partial charge in [0.15, 0.2) is 5.11 Å². The molecule has 1 amide bonds. The summed E-state index contributed by atoms with van der Waals surface area (Å²) in [5.74, 6) is -0.0353. The molecule has 2 aromatic heterocycles. The predicted octanol–water partition coefficient (Wildman–Crippen LogP) is 6.87. The van der Waals surface area contributed by atoms with Crippen LogP contribution in [0.1, 0.15) is 52.3 Å². The van der Waals surface area contributed by atoms with Crippen LogP contribution < -0.4 is 10.6 Å². The number of thiocarbonyl (C=S) groups is 1. The summed E-state index contributed by atoms with van der Waals surface area (Å²) < 4.78 is 3.31. The lowest BCUT2D eigenvalue weighted by Crippen LogP contribution is -2.33. The molecule has 39 heavy (non-hydrogen) atoms. The Labute approximate surface area is 243 Å². The highest BCUT2D eigenvalue weighted by molar-refractivity contribution is 9.10. The average Bonchev–Trinajstić information content (AvgIpc) is 3.40. The lowest BCUT2D eigenvalue weighted by atomic mass is 9.96. The van der Waals surface area contributed by atoms with Crippen LogP contribution in [0.3, 0.4) is 0 Å². The molecule has 1 saturated heterocycles. The molecule has 1 aliphatic heterocycles. The molecule has 5 rings (SSSR count). The van der Waals surface area contributed by atoms with Gasteiger partial charge in [-0.3, -0.25) is 9.78 Å². The van der Waals surface area contributed by atoms with Crippen LogP contribution in [0.5, 0.6) is 0 Å². The molecule has 8 heteroatoms. The Morgan fingerprint density at radius 2 is 1.82 bits per heavy atom. The van der Waals surface area contributed by atoms with Crippen LogP contribution in [-0.2, 0) is 4.79 Å². The zero-order valence-corrected chi connectivity index (χ0v) is 24.9. The van der Waals surface area contributed by atoms with Gasteiger partial charge in [-0.2, -0.15) is 0 Å². The second-order valence-electron chi connectivity index (χ2n) is 10.1. The third-order valence-corrected chi connectivity index (χ3v) is 8.20. The third-order valence-electron chi connectivity index (χ3n) is 7.32. The molecule has 1 aliphatic rings. The minimum Gasteiger partial charge on any atom is -0.352 e. The van der Waals surface area contributed by atoms with Gasteiger partial charge in [-0.15, -0.1) is 0 Å². The van der Waals surface area contributed by atoms with E-state index in [0.717, 1.165) is 49.6 Å². The number of carbonyl (C=O) groups excluding carboxylic acids is 1. The van der Waals surface area contributed by atoms with Crippen molar-refractivity contribution in [3.05, 3.63) is 111 Å². The van der Waals surface area contributed by atoms with Crippen LogP contribution in [0.15, 0.2) is 77.4 Å². The highest BCUT2D eigenvalue weighted by atomic mass is 79.9. The first-order valence-corrected chi connectivity index (χ1v) is 14.2. The van der Waals surface area contributed by atoms with Crippen molar-refractivity contribution in [3.63, 3.8) is 0 Å². The van der Waals surface area contributed by atoms with Gasteiger partial charge in [0.2, 0.25) is 5.91 Å². The van der Waals surface area contributed by atoms with Crippen molar-refractivity contribution in [2.24, 2.45) is 0 Å². The normalized spacial score (nSPS) is 16.8. The van der Waals surface area contributed by atoms with Gasteiger partial charge in [0.05, 0.1) is 17.8 Å². The average molecular weight is 603 g/mol. The first-order valence-electron chi connectivity index (χ1n) is 13.0. The van der Waals surface area contributed by atoms with Gasteiger partial charge in [0.25, 0.3) is 0 Å². The van der Waals surface area contributed by atoms with Gasteiger partial charge in [-0.25, -0.2) is 0 Å². The van der Waals surface area contributed by atoms with E-state index in [9.17, 15) is 4.79 Å². The molecular weight excluding hydrogens is 570 g/mol. The van der Waals surface area contributed by atoms with Gasteiger partial charge in [0.1, 0.15) is 0 Å². The fourth-order valence-electron chi connectivity index (χ4n) is 5.36. The number of anilines is 1. The summed E-state index contributed by atoms with van der Waals surface area (Å²) >= 11 is 9.39. The van der Waals surface area contributed by atoms with Crippen LogP contribution in [-0.4, -0.2) is 32.0 Å². The fourth-order valence-corrected chi connectivity index (χ4v) is 5.96. The van der Waals surface area contributed by atoms with Crippen LogP contribution in [0, 0.1) is 27.7 Å². The number of aryl methyl sites for hydroxylation is 3. The summed E-state index contributed by atoms with van der Waals surface area (Å²) in [7, 11) is 0. The number of aromatic nitrogens is 2. The van der Waals surface area contributed by atoms with Crippen molar-refractivity contribution in [1.29, 1.82) is 0 Å². The summed E-state index contributed by atoms with van der Waals surface area (Å²) in [5, 5.41) is 7.23. The van der Waals surface area contributed by atoms with E-state index >= 15 is 0 Å². The predicted molar refractivity (Wildman–Crippen MR) is 164 cm³/mol. The van der Waals surface area contributed by atoms with Gasteiger partial charge in [0, 0.05) is 46.4 Å². The van der Waals surface area contributed by atoms with Crippen molar-refractivity contribution >= 4 is 44.9 Å². The quantitative estimate of drug-likeness (QED) is 0.226. The number of halogens is 1. The van der Waals surface area contributed by atoms with Gasteiger partial charge in [-0.1, -0.05) is 34.1 Å². The summed E-state index contributed by atoms with van der Waals surface area (Å²) in [6, 6.07) is 22.3. The molecule has 200 valence electrons. The lowest BCUT2D eigenvalue weighted by molar-refractivity contribution is -0.116. The Morgan fingerprint density at radius 3 is 2.54 bits per heavy atom. The highest BCUT2D eigenvalue weighted by Crippen LogP contribution is 2.41. The number of hydrogen-bond donors (Lipinski definition) is 2. The summed E-state index contributed by atoms with van der Waals surface area (Å²) in [4.78, 5) is 19.9. The Hall–Kier alpha value is -3.49. The van der Waals surface area contributed by atoms with E-state index in [1.165, 1.54) is 0 Å². The van der Waals surface area contributed by atoms with E-state index in [1.54, 1.807) is 0 Å². The van der Waals surface area contributed by atoms with Crippen molar-refractivity contribution < 1.29 is 4.79 Å². The van der Waals surface area contributed by atoms with Gasteiger partial charge >= 0.3 is 0 Å². The standard InChI is InChI=1S/C31H32BrN5OS/c1-19-8-9-20(2)27(17-19)34-28(38)14-16-36-30(29(35-31(36)39)26-7-5-6-15-33-26)25-18-21(3)37(22(25)4)24-12-10-23(32)11-13-24/h5-13,15,17-18,29-30H,14,16H2,1-4H3,(H,34,38)(H,35,39)/t29-,30+/m0/s1. The molecule has 0 spiro atoms. The van der Waals surface area contributed by atoms with E-state index < -0.39 is 0 Å². The molecule has 2 aromatic carbocycles. The van der Waals surface area contributed by atoms with E-state index in [-0.39, 0.29) is 18.0 Å². The van der Waals surface area contributed by atoms with E-state index in [1.807, 2.05) is 56.4 Å². The molecule has 0 aliphatic carbocycles. The maximum Gasteiger partial charge on any atom is 0.226 e. The number of nitrogens with one attached hydrogen (secondary N) is 2. The molecule has 0 radical (unpaired) electrons. The minimum atomic E-state index is -0.139. The summed E-state index contributed by atoms with van der Waals surface area (Å²) in [5.41, 5.74) is 8.45. The van der Waals surface area contributed by atoms with Crippen molar-refractivity contribution in [1.82, 2.24) is 19.8 Å². The van der Waals surface area contributed by atoms with E-state index in [0.29, 0.717) is 18.1 Å². The molecule has 2 atom stereocenters. The van der Waals surface area contributed by atoms with Crippen molar-refractivity contribution in [2.45, 2.75) is 46.2 Å². The lowest BCUT2D eigenvalue weighted by Gasteiger charge is -2.28. The number of nitrogens with zero attached hydrogens (tertiary/aromatic N) is 3. The first kappa shape index (κ1) is 27.1. The van der Waals surface area contributed by atoms with Crippen molar-refractivity contribution in [3.8, 4) is 5.69 Å². The molecule has 6 nitrogen and oxygen atoms in total. The monoisotopic (exact) mass is 601 g/mol. The summed E-state index contributed by atoms with van der Waals surface area (Å²) in [6.07, 6.45) is 2.12. The maximum atomic E-state index is 13.0. The second kappa shape index (κ2) is 11.3. The van der Waals surface area contributed by atoms with Gasteiger partial charge in [-0.05, 0) is 105 Å².